The van der Waals surface area contributed by atoms with Gasteiger partial charge in [-0.05, 0) is 49.3 Å². The highest BCUT2D eigenvalue weighted by Crippen LogP contribution is 2.39. The van der Waals surface area contributed by atoms with E-state index in [1.54, 1.807) is 0 Å². The fourth-order valence-electron chi connectivity index (χ4n) is 5.07. The van der Waals surface area contributed by atoms with E-state index >= 15 is 0 Å². The lowest BCUT2D eigenvalue weighted by molar-refractivity contribution is 0.244. The molecule has 154 valence electrons. The van der Waals surface area contributed by atoms with Gasteiger partial charge in [-0.1, -0.05) is 20.1 Å². The summed E-state index contributed by atoms with van der Waals surface area (Å²) in [7, 11) is 2.06. The average molecular weight is 392 g/mol. The minimum absolute atomic E-state index is 0.253. The lowest BCUT2D eigenvalue weighted by Gasteiger charge is -2.36. The molecule has 1 aliphatic carbocycles. The Morgan fingerprint density at radius 1 is 1.17 bits per heavy atom. The summed E-state index contributed by atoms with van der Waals surface area (Å²) in [4.78, 5) is 5.19. The van der Waals surface area contributed by atoms with Crippen LogP contribution in [0.3, 0.4) is 0 Å². The zero-order valence-corrected chi connectivity index (χ0v) is 17.8. The van der Waals surface area contributed by atoms with E-state index in [0.717, 1.165) is 54.9 Å². The van der Waals surface area contributed by atoms with E-state index in [4.69, 9.17) is 5.10 Å². The number of allylic oxidation sites excluding steroid dienone is 2. The van der Waals surface area contributed by atoms with Gasteiger partial charge in [0.25, 0.3) is 0 Å². The van der Waals surface area contributed by atoms with Crippen molar-refractivity contribution in [1.82, 2.24) is 20.0 Å². The van der Waals surface area contributed by atoms with Crippen molar-refractivity contribution in [2.45, 2.75) is 32.1 Å². The van der Waals surface area contributed by atoms with Gasteiger partial charge in [-0.15, -0.1) is 0 Å². The fraction of sp³-hybridized carbons (Fsp3) is 0.542. The second-order valence-electron chi connectivity index (χ2n) is 9.32. The molecule has 5 rings (SSSR count). The number of benzene rings is 1. The van der Waals surface area contributed by atoms with Crippen molar-refractivity contribution in [3.8, 4) is 0 Å². The molecule has 1 saturated carbocycles. The Morgan fingerprint density at radius 2 is 1.93 bits per heavy atom. The minimum atomic E-state index is 0.253. The third kappa shape index (κ3) is 3.57. The predicted molar refractivity (Wildman–Crippen MR) is 120 cm³/mol. The van der Waals surface area contributed by atoms with E-state index in [-0.39, 0.29) is 5.92 Å². The third-order valence-electron chi connectivity index (χ3n) is 7.19. The maximum Gasteiger partial charge on any atom is 0.0792 e. The van der Waals surface area contributed by atoms with E-state index in [2.05, 4.69) is 60.4 Å². The Bertz CT molecular complexity index is 950. The summed E-state index contributed by atoms with van der Waals surface area (Å²) in [5.41, 5.74) is 5.75. The van der Waals surface area contributed by atoms with Crippen molar-refractivity contribution >= 4 is 16.6 Å². The zero-order valence-electron chi connectivity index (χ0n) is 17.8. The summed E-state index contributed by atoms with van der Waals surface area (Å²) in [5.74, 6) is 2.15. The molecular weight excluding hydrogens is 358 g/mol. The Labute approximate surface area is 174 Å². The first kappa shape index (κ1) is 18.7. The standard InChI is InChI=1S/C24H33N5/c1-16-13-19(16)15-28-9-11-29(12-10-28)20-6-8-22-23(14-20)27(4)26-24(22)21-7-5-17(2)25-18(21)3/h6,8,14,16,19,21,25H,2-3,5,7,9-13,15H2,1,4H3. The van der Waals surface area contributed by atoms with Gasteiger partial charge in [0.15, 0.2) is 0 Å². The normalized spacial score (nSPS) is 28.1. The number of rotatable bonds is 4. The van der Waals surface area contributed by atoms with Crippen LogP contribution in [0.2, 0.25) is 0 Å². The molecule has 3 heterocycles. The zero-order chi connectivity index (χ0) is 20.1. The van der Waals surface area contributed by atoms with Crippen LogP contribution in [-0.2, 0) is 7.05 Å². The number of hydrogen-bond donors (Lipinski definition) is 1. The smallest absolute Gasteiger partial charge is 0.0792 e. The van der Waals surface area contributed by atoms with E-state index in [1.165, 1.54) is 42.6 Å². The topological polar surface area (TPSA) is 36.3 Å². The molecule has 0 amide bonds. The minimum Gasteiger partial charge on any atom is -0.369 e. The van der Waals surface area contributed by atoms with E-state index in [0.29, 0.717) is 0 Å². The van der Waals surface area contributed by atoms with Gasteiger partial charge in [0, 0.05) is 68.2 Å². The Balaban J connectivity index is 1.33. The predicted octanol–water partition coefficient (Wildman–Crippen LogP) is 3.85. The van der Waals surface area contributed by atoms with Crippen molar-refractivity contribution < 1.29 is 0 Å². The van der Waals surface area contributed by atoms with Gasteiger partial charge in [0.05, 0.1) is 11.2 Å². The highest BCUT2D eigenvalue weighted by molar-refractivity contribution is 5.86. The summed E-state index contributed by atoms with van der Waals surface area (Å²) >= 11 is 0. The Morgan fingerprint density at radius 3 is 2.62 bits per heavy atom. The van der Waals surface area contributed by atoms with Gasteiger partial charge in [-0.2, -0.15) is 5.10 Å². The van der Waals surface area contributed by atoms with Crippen LogP contribution in [0, 0.1) is 11.8 Å². The molecule has 0 radical (unpaired) electrons. The molecule has 2 aromatic rings. The number of anilines is 1. The first-order chi connectivity index (χ1) is 14.0. The monoisotopic (exact) mass is 391 g/mol. The van der Waals surface area contributed by atoms with E-state index in [1.807, 2.05) is 4.68 Å². The molecule has 3 atom stereocenters. The molecule has 1 aromatic carbocycles. The van der Waals surface area contributed by atoms with Crippen LogP contribution in [-0.4, -0.2) is 47.4 Å². The number of aromatic nitrogens is 2. The third-order valence-corrected chi connectivity index (χ3v) is 7.19. The van der Waals surface area contributed by atoms with Crippen LogP contribution in [0.5, 0.6) is 0 Å². The molecule has 1 aromatic heterocycles. The molecule has 0 spiro atoms. The molecular formula is C24H33N5. The largest absolute Gasteiger partial charge is 0.369 e. The fourth-order valence-corrected chi connectivity index (χ4v) is 5.07. The molecule has 29 heavy (non-hydrogen) atoms. The van der Waals surface area contributed by atoms with Crippen LogP contribution in [0.4, 0.5) is 5.69 Å². The summed E-state index contributed by atoms with van der Waals surface area (Å²) in [5, 5.41) is 9.48. The van der Waals surface area contributed by atoms with Gasteiger partial charge in [0.1, 0.15) is 0 Å². The van der Waals surface area contributed by atoms with Gasteiger partial charge >= 0.3 is 0 Å². The molecule has 5 heteroatoms. The second-order valence-corrected chi connectivity index (χ2v) is 9.32. The van der Waals surface area contributed by atoms with Crippen molar-refractivity contribution in [3.63, 3.8) is 0 Å². The van der Waals surface area contributed by atoms with Crippen molar-refractivity contribution in [2.24, 2.45) is 18.9 Å². The van der Waals surface area contributed by atoms with Gasteiger partial charge in [-0.25, -0.2) is 0 Å². The van der Waals surface area contributed by atoms with Gasteiger partial charge in [0.2, 0.25) is 0 Å². The maximum atomic E-state index is 4.89. The second kappa shape index (κ2) is 7.21. The lowest BCUT2D eigenvalue weighted by atomic mass is 9.90. The summed E-state index contributed by atoms with van der Waals surface area (Å²) in [6.45, 7) is 16.5. The number of aryl methyl sites for hydroxylation is 1. The Hall–Kier alpha value is -2.27. The van der Waals surface area contributed by atoms with Crippen molar-refractivity contribution in [1.29, 1.82) is 0 Å². The first-order valence-electron chi connectivity index (χ1n) is 11.1. The molecule has 3 aliphatic rings. The van der Waals surface area contributed by atoms with E-state index in [9.17, 15) is 0 Å². The highest BCUT2D eigenvalue weighted by Gasteiger charge is 2.34. The van der Waals surface area contributed by atoms with Gasteiger partial charge in [-0.3, -0.25) is 9.58 Å². The SMILES string of the molecule is C=C1CCC(c2nn(C)c3cc(N4CCN(CC5CC5C)CC4)ccc23)C(=C)N1. The maximum absolute atomic E-state index is 4.89. The quantitative estimate of drug-likeness (QED) is 0.859. The number of piperidine rings is 1. The molecule has 2 saturated heterocycles. The Kier molecular flexibility index (Phi) is 4.66. The van der Waals surface area contributed by atoms with Crippen LogP contribution >= 0.6 is 0 Å². The van der Waals surface area contributed by atoms with Crippen LogP contribution in [0.25, 0.3) is 10.9 Å². The summed E-state index contributed by atoms with van der Waals surface area (Å²) < 4.78 is 2.04. The molecule has 5 nitrogen and oxygen atoms in total. The van der Waals surface area contributed by atoms with E-state index < -0.39 is 0 Å². The number of hydrogen-bond acceptors (Lipinski definition) is 4. The summed E-state index contributed by atoms with van der Waals surface area (Å²) in [6.07, 6.45) is 3.43. The van der Waals surface area contributed by atoms with Crippen LogP contribution < -0.4 is 10.2 Å². The molecule has 3 unspecified atom stereocenters. The highest BCUT2D eigenvalue weighted by atomic mass is 15.3. The van der Waals surface area contributed by atoms with Crippen LogP contribution in [0.15, 0.2) is 42.8 Å². The summed E-state index contributed by atoms with van der Waals surface area (Å²) in [6, 6.07) is 6.87. The van der Waals surface area contributed by atoms with Crippen molar-refractivity contribution in [2.75, 3.05) is 37.6 Å². The first-order valence-corrected chi connectivity index (χ1v) is 11.1. The number of fused-ring (bicyclic) bond motifs is 1. The lowest BCUT2D eigenvalue weighted by Crippen LogP contribution is -2.47. The number of nitrogens with one attached hydrogen (secondary N) is 1. The van der Waals surface area contributed by atoms with Crippen molar-refractivity contribution in [3.05, 3.63) is 48.4 Å². The molecule has 0 bridgehead atoms. The molecule has 2 aliphatic heterocycles. The molecule has 1 N–H and O–H groups in total. The van der Waals surface area contributed by atoms with Gasteiger partial charge < -0.3 is 10.2 Å². The average Bonchev–Trinajstić information content (AvgIpc) is 3.30. The molecule has 3 fully saturated rings. The number of piperazine rings is 1. The number of nitrogens with zero attached hydrogens (tertiary/aromatic N) is 4. The van der Waals surface area contributed by atoms with Crippen LogP contribution in [0.1, 0.15) is 37.8 Å².